The van der Waals surface area contributed by atoms with Gasteiger partial charge in [0.1, 0.15) is 17.7 Å². The SMILES string of the molecule is Cc1cc(OC2CCOC3(CCCC3)C2)ccc1F. The van der Waals surface area contributed by atoms with Crippen LogP contribution in [0.3, 0.4) is 0 Å². The highest BCUT2D eigenvalue weighted by molar-refractivity contribution is 5.29. The fourth-order valence-electron chi connectivity index (χ4n) is 3.33. The summed E-state index contributed by atoms with van der Waals surface area (Å²) >= 11 is 0. The molecule has 0 N–H and O–H groups in total. The van der Waals surface area contributed by atoms with Crippen LogP contribution in [-0.4, -0.2) is 18.3 Å². The standard InChI is InChI=1S/C16H21FO2/c1-12-10-13(4-5-15(12)17)19-14-6-9-18-16(11-14)7-2-3-8-16/h4-5,10,14H,2-3,6-9,11H2,1H3. The molecule has 1 aliphatic heterocycles. The Morgan fingerprint density at radius 3 is 2.84 bits per heavy atom. The predicted molar refractivity (Wildman–Crippen MR) is 71.9 cm³/mol. The van der Waals surface area contributed by atoms with Crippen molar-refractivity contribution in [2.24, 2.45) is 0 Å². The maximum Gasteiger partial charge on any atom is 0.126 e. The van der Waals surface area contributed by atoms with E-state index in [-0.39, 0.29) is 17.5 Å². The van der Waals surface area contributed by atoms with Crippen LogP contribution in [-0.2, 0) is 4.74 Å². The molecule has 1 spiro atoms. The van der Waals surface area contributed by atoms with Gasteiger partial charge in [0.25, 0.3) is 0 Å². The second-order valence-electron chi connectivity index (χ2n) is 5.88. The average Bonchev–Trinajstić information content (AvgIpc) is 2.82. The number of hydrogen-bond acceptors (Lipinski definition) is 2. The Labute approximate surface area is 113 Å². The van der Waals surface area contributed by atoms with E-state index in [1.807, 2.05) is 0 Å². The van der Waals surface area contributed by atoms with E-state index >= 15 is 0 Å². The lowest BCUT2D eigenvalue weighted by molar-refractivity contribution is -0.108. The molecule has 1 saturated heterocycles. The number of halogens is 1. The summed E-state index contributed by atoms with van der Waals surface area (Å²) in [5.74, 6) is 0.602. The molecule has 1 aromatic carbocycles. The van der Waals surface area contributed by atoms with Crippen LogP contribution in [0.15, 0.2) is 18.2 Å². The maximum atomic E-state index is 13.2. The lowest BCUT2D eigenvalue weighted by atomic mass is 9.90. The van der Waals surface area contributed by atoms with Crippen molar-refractivity contribution in [3.8, 4) is 5.75 Å². The summed E-state index contributed by atoms with van der Waals surface area (Å²) < 4.78 is 25.3. The Morgan fingerprint density at radius 2 is 2.11 bits per heavy atom. The van der Waals surface area contributed by atoms with Crippen LogP contribution in [0.5, 0.6) is 5.75 Å². The quantitative estimate of drug-likeness (QED) is 0.803. The van der Waals surface area contributed by atoms with Gasteiger partial charge < -0.3 is 9.47 Å². The molecule has 1 aliphatic carbocycles. The molecule has 1 unspecified atom stereocenters. The van der Waals surface area contributed by atoms with E-state index < -0.39 is 0 Å². The summed E-state index contributed by atoms with van der Waals surface area (Å²) in [5.41, 5.74) is 0.706. The second-order valence-corrected chi connectivity index (χ2v) is 5.88. The molecule has 2 aliphatic rings. The molecule has 19 heavy (non-hydrogen) atoms. The Bertz CT molecular complexity index is 452. The van der Waals surface area contributed by atoms with Crippen molar-refractivity contribution in [1.29, 1.82) is 0 Å². The van der Waals surface area contributed by atoms with Crippen LogP contribution in [0.1, 0.15) is 44.1 Å². The molecule has 3 heteroatoms. The average molecular weight is 264 g/mol. The van der Waals surface area contributed by atoms with Gasteiger partial charge in [-0.2, -0.15) is 0 Å². The van der Waals surface area contributed by atoms with E-state index in [1.54, 1.807) is 19.1 Å². The van der Waals surface area contributed by atoms with Crippen molar-refractivity contribution in [2.45, 2.75) is 57.2 Å². The van der Waals surface area contributed by atoms with Crippen LogP contribution in [0.4, 0.5) is 4.39 Å². The van der Waals surface area contributed by atoms with Gasteiger partial charge in [-0.05, 0) is 43.5 Å². The number of aryl methyl sites for hydroxylation is 1. The molecule has 104 valence electrons. The summed E-state index contributed by atoms with van der Waals surface area (Å²) in [6.07, 6.45) is 6.97. The molecule has 1 aromatic rings. The number of rotatable bonds is 2. The second kappa shape index (κ2) is 5.12. The topological polar surface area (TPSA) is 18.5 Å². The first-order valence-corrected chi connectivity index (χ1v) is 7.24. The third kappa shape index (κ3) is 2.76. The number of hydrogen-bond donors (Lipinski definition) is 0. The zero-order chi connectivity index (χ0) is 13.3. The third-order valence-corrected chi connectivity index (χ3v) is 4.39. The molecule has 3 rings (SSSR count). The van der Waals surface area contributed by atoms with Crippen molar-refractivity contribution in [3.63, 3.8) is 0 Å². The smallest absolute Gasteiger partial charge is 0.126 e. The highest BCUT2D eigenvalue weighted by Crippen LogP contribution is 2.40. The van der Waals surface area contributed by atoms with Gasteiger partial charge in [-0.1, -0.05) is 12.8 Å². The molecule has 2 nitrogen and oxygen atoms in total. The number of ether oxygens (including phenoxy) is 2. The lowest BCUT2D eigenvalue weighted by Gasteiger charge is -2.38. The third-order valence-electron chi connectivity index (χ3n) is 4.39. The Hall–Kier alpha value is -1.09. The predicted octanol–water partition coefficient (Wildman–Crippen LogP) is 4.00. The molecular weight excluding hydrogens is 243 g/mol. The van der Waals surface area contributed by atoms with Gasteiger partial charge in [-0.15, -0.1) is 0 Å². The lowest BCUT2D eigenvalue weighted by Crippen LogP contribution is -2.41. The van der Waals surface area contributed by atoms with Gasteiger partial charge >= 0.3 is 0 Å². The van der Waals surface area contributed by atoms with Crippen molar-refractivity contribution >= 4 is 0 Å². The van der Waals surface area contributed by atoms with E-state index in [4.69, 9.17) is 9.47 Å². The minimum absolute atomic E-state index is 0.0675. The van der Waals surface area contributed by atoms with Crippen LogP contribution in [0.2, 0.25) is 0 Å². The Balaban J connectivity index is 1.67. The fourth-order valence-corrected chi connectivity index (χ4v) is 3.33. The molecule has 1 heterocycles. The summed E-state index contributed by atoms with van der Waals surface area (Å²) in [4.78, 5) is 0. The van der Waals surface area contributed by atoms with Gasteiger partial charge in [0.2, 0.25) is 0 Å². The minimum atomic E-state index is -0.174. The van der Waals surface area contributed by atoms with Crippen LogP contribution >= 0.6 is 0 Å². The Kier molecular flexibility index (Phi) is 3.48. The van der Waals surface area contributed by atoms with E-state index in [1.165, 1.54) is 18.9 Å². The van der Waals surface area contributed by atoms with Gasteiger partial charge in [0.05, 0.1) is 12.2 Å². The first kappa shape index (κ1) is 12.9. The zero-order valence-electron chi connectivity index (χ0n) is 11.5. The van der Waals surface area contributed by atoms with Crippen LogP contribution in [0.25, 0.3) is 0 Å². The molecule has 0 radical (unpaired) electrons. The summed E-state index contributed by atoms with van der Waals surface area (Å²) in [6, 6.07) is 4.99. The maximum absolute atomic E-state index is 13.2. The van der Waals surface area contributed by atoms with Gasteiger partial charge in [-0.3, -0.25) is 0 Å². The molecule has 0 bridgehead atoms. The van der Waals surface area contributed by atoms with Crippen LogP contribution in [0, 0.1) is 12.7 Å². The van der Waals surface area contributed by atoms with Crippen molar-refractivity contribution < 1.29 is 13.9 Å². The minimum Gasteiger partial charge on any atom is -0.490 e. The molecule has 0 aromatic heterocycles. The van der Waals surface area contributed by atoms with E-state index in [0.717, 1.165) is 38.0 Å². The van der Waals surface area contributed by atoms with Gasteiger partial charge in [0.15, 0.2) is 0 Å². The van der Waals surface area contributed by atoms with Crippen molar-refractivity contribution in [3.05, 3.63) is 29.6 Å². The zero-order valence-corrected chi connectivity index (χ0v) is 11.5. The van der Waals surface area contributed by atoms with Crippen molar-refractivity contribution in [2.75, 3.05) is 6.61 Å². The Morgan fingerprint density at radius 1 is 1.32 bits per heavy atom. The van der Waals surface area contributed by atoms with Gasteiger partial charge in [0, 0.05) is 12.8 Å². The summed E-state index contributed by atoms with van der Waals surface area (Å²) in [5, 5.41) is 0. The summed E-state index contributed by atoms with van der Waals surface area (Å²) in [6.45, 7) is 2.55. The molecule has 2 fully saturated rings. The van der Waals surface area contributed by atoms with Crippen LogP contribution < -0.4 is 4.74 Å². The molecule has 0 amide bonds. The van der Waals surface area contributed by atoms with Gasteiger partial charge in [-0.25, -0.2) is 4.39 Å². The molecular formula is C16H21FO2. The monoisotopic (exact) mass is 264 g/mol. The van der Waals surface area contributed by atoms with E-state index in [2.05, 4.69) is 0 Å². The number of benzene rings is 1. The fraction of sp³-hybridized carbons (Fsp3) is 0.625. The van der Waals surface area contributed by atoms with Crippen molar-refractivity contribution in [1.82, 2.24) is 0 Å². The molecule has 1 atom stereocenters. The molecule has 1 saturated carbocycles. The first-order chi connectivity index (χ1) is 9.17. The first-order valence-electron chi connectivity index (χ1n) is 7.24. The van der Waals surface area contributed by atoms with E-state index in [9.17, 15) is 4.39 Å². The largest absolute Gasteiger partial charge is 0.490 e. The van der Waals surface area contributed by atoms with E-state index in [0.29, 0.717) is 5.56 Å². The highest BCUT2D eigenvalue weighted by atomic mass is 19.1. The normalized spacial score (nSPS) is 25.7. The summed E-state index contributed by atoms with van der Waals surface area (Å²) in [7, 11) is 0. The highest BCUT2D eigenvalue weighted by Gasteiger charge is 2.40.